The van der Waals surface area contributed by atoms with E-state index in [0.717, 1.165) is 30.9 Å². The summed E-state index contributed by atoms with van der Waals surface area (Å²) in [5.41, 5.74) is 1.61. The highest BCUT2D eigenvalue weighted by molar-refractivity contribution is 5.94. The van der Waals surface area contributed by atoms with E-state index in [1.165, 1.54) is 12.1 Å². The number of ether oxygens (including phenoxy) is 1. The fourth-order valence-corrected chi connectivity index (χ4v) is 2.58. The number of amides is 1. The Balaban J connectivity index is 1.81. The summed E-state index contributed by atoms with van der Waals surface area (Å²) in [5.74, 6) is -0.417. The number of carbonyl (C=O) groups is 2. The topological polar surface area (TPSA) is 78.9 Å². The molecule has 2 aromatic carbocycles. The van der Waals surface area contributed by atoms with E-state index < -0.39 is 5.97 Å². The minimum atomic E-state index is -0.968. The van der Waals surface area contributed by atoms with Crippen LogP contribution in [0.4, 0.5) is 0 Å². The molecule has 2 rings (SSSR count). The molecule has 0 aliphatic heterocycles. The van der Waals surface area contributed by atoms with E-state index >= 15 is 0 Å². The molecule has 0 saturated heterocycles. The number of nitrogens with zero attached hydrogens (tertiary/aromatic N) is 1. The quantitative estimate of drug-likeness (QED) is 0.672. The number of nitrogens with one attached hydrogen (secondary N) is 1. The number of aromatic carboxylic acids is 1. The lowest BCUT2D eigenvalue weighted by Gasteiger charge is -2.18. The number of benzene rings is 2. The van der Waals surface area contributed by atoms with Gasteiger partial charge in [0.25, 0.3) is 5.91 Å². The third-order valence-corrected chi connectivity index (χ3v) is 4.34. The van der Waals surface area contributed by atoms with Crippen molar-refractivity contribution < 1.29 is 19.4 Å². The first-order chi connectivity index (χ1) is 13.0. The lowest BCUT2D eigenvalue weighted by atomic mass is 10.1. The molecule has 0 aromatic heterocycles. The summed E-state index contributed by atoms with van der Waals surface area (Å²) in [5, 5.41) is 11.7. The fraction of sp³-hybridized carbons (Fsp3) is 0.333. The number of hydrogen-bond acceptors (Lipinski definition) is 4. The molecule has 2 aromatic rings. The molecule has 6 heteroatoms. The molecular weight excluding hydrogens is 344 g/mol. The van der Waals surface area contributed by atoms with Crippen LogP contribution in [0.15, 0.2) is 48.5 Å². The molecule has 1 amide bonds. The molecule has 144 valence electrons. The molecular formula is C21H26N2O4. The minimum absolute atomic E-state index is 0.188. The van der Waals surface area contributed by atoms with E-state index in [-0.39, 0.29) is 11.5 Å². The Labute approximate surface area is 159 Å². The molecule has 0 atom stereocenters. The number of carboxylic acids is 1. The lowest BCUT2D eigenvalue weighted by Crippen LogP contribution is -2.27. The van der Waals surface area contributed by atoms with Gasteiger partial charge in [-0.1, -0.05) is 26.0 Å². The summed E-state index contributed by atoms with van der Waals surface area (Å²) in [6.45, 7) is 8.06. The van der Waals surface area contributed by atoms with Crippen molar-refractivity contribution in [2.45, 2.75) is 20.4 Å². The Morgan fingerprint density at radius 1 is 0.963 bits per heavy atom. The second-order valence-electron chi connectivity index (χ2n) is 6.08. The summed E-state index contributed by atoms with van der Waals surface area (Å²) in [7, 11) is 0. The summed E-state index contributed by atoms with van der Waals surface area (Å²) in [4.78, 5) is 25.4. The largest absolute Gasteiger partial charge is 0.492 e. The van der Waals surface area contributed by atoms with Crippen LogP contribution in [0.1, 0.15) is 40.1 Å². The van der Waals surface area contributed by atoms with Crippen molar-refractivity contribution in [3.63, 3.8) is 0 Å². The van der Waals surface area contributed by atoms with Crippen LogP contribution in [-0.2, 0) is 6.54 Å². The van der Waals surface area contributed by atoms with Gasteiger partial charge in [0.15, 0.2) is 0 Å². The fourth-order valence-electron chi connectivity index (χ4n) is 2.58. The van der Waals surface area contributed by atoms with Crippen LogP contribution < -0.4 is 10.1 Å². The molecule has 0 spiro atoms. The summed E-state index contributed by atoms with van der Waals surface area (Å²) < 4.78 is 5.71. The smallest absolute Gasteiger partial charge is 0.335 e. The van der Waals surface area contributed by atoms with Crippen molar-refractivity contribution in [1.82, 2.24) is 10.2 Å². The maximum Gasteiger partial charge on any atom is 0.335 e. The van der Waals surface area contributed by atoms with Gasteiger partial charge < -0.3 is 20.1 Å². The Hall–Kier alpha value is -2.86. The molecule has 6 nitrogen and oxygen atoms in total. The highest BCUT2D eigenvalue weighted by Crippen LogP contribution is 2.12. The molecule has 0 fully saturated rings. The second-order valence-corrected chi connectivity index (χ2v) is 6.08. The number of carbonyl (C=O) groups excluding carboxylic acids is 1. The minimum Gasteiger partial charge on any atom is -0.492 e. The molecule has 0 radical (unpaired) electrons. The van der Waals surface area contributed by atoms with E-state index in [1.807, 2.05) is 0 Å². The van der Waals surface area contributed by atoms with Crippen LogP contribution in [0.2, 0.25) is 0 Å². The summed E-state index contributed by atoms with van der Waals surface area (Å²) in [6, 6.07) is 13.5. The van der Waals surface area contributed by atoms with Gasteiger partial charge in [-0.2, -0.15) is 0 Å². The molecule has 0 bridgehead atoms. The molecule has 0 aliphatic carbocycles. The maximum absolute atomic E-state index is 12.2. The Kier molecular flexibility index (Phi) is 7.82. The first kappa shape index (κ1) is 20.5. The van der Waals surface area contributed by atoms with Gasteiger partial charge in [-0.3, -0.25) is 4.79 Å². The van der Waals surface area contributed by atoms with Crippen LogP contribution in [-0.4, -0.2) is 48.1 Å². The van der Waals surface area contributed by atoms with Crippen molar-refractivity contribution in [2.24, 2.45) is 0 Å². The van der Waals surface area contributed by atoms with E-state index in [9.17, 15) is 9.59 Å². The predicted molar refractivity (Wildman–Crippen MR) is 104 cm³/mol. The highest BCUT2D eigenvalue weighted by Gasteiger charge is 2.07. The molecule has 0 heterocycles. The average Bonchev–Trinajstić information content (AvgIpc) is 2.70. The number of hydrogen-bond donors (Lipinski definition) is 2. The van der Waals surface area contributed by atoms with Gasteiger partial charge in [0, 0.05) is 18.7 Å². The first-order valence-corrected chi connectivity index (χ1v) is 9.09. The number of rotatable bonds is 10. The third-order valence-electron chi connectivity index (χ3n) is 4.34. The van der Waals surface area contributed by atoms with Crippen LogP contribution >= 0.6 is 0 Å². The standard InChI is InChI=1S/C21H26N2O4/c1-3-23(4-2)13-14-27-19-11-9-17(10-12-19)20(24)22-15-16-5-7-18(8-6-16)21(25)26/h5-12H,3-4,13-15H2,1-2H3,(H,22,24)(H,25,26). The summed E-state index contributed by atoms with van der Waals surface area (Å²) >= 11 is 0. The van der Waals surface area contributed by atoms with E-state index in [1.54, 1.807) is 36.4 Å². The second kappa shape index (κ2) is 10.3. The van der Waals surface area contributed by atoms with Crippen molar-refractivity contribution in [3.05, 3.63) is 65.2 Å². The molecule has 0 unspecified atom stereocenters. The third kappa shape index (κ3) is 6.42. The molecule has 0 aliphatic rings. The van der Waals surface area contributed by atoms with Gasteiger partial charge >= 0.3 is 5.97 Å². The molecule has 2 N–H and O–H groups in total. The van der Waals surface area contributed by atoms with Crippen molar-refractivity contribution in [2.75, 3.05) is 26.2 Å². The predicted octanol–water partition coefficient (Wildman–Crippen LogP) is 3.04. The molecule has 27 heavy (non-hydrogen) atoms. The van der Waals surface area contributed by atoms with Crippen LogP contribution in [0.5, 0.6) is 5.75 Å². The Morgan fingerprint density at radius 3 is 2.11 bits per heavy atom. The van der Waals surface area contributed by atoms with E-state index in [4.69, 9.17) is 9.84 Å². The number of carboxylic acid groups (broad SMARTS) is 1. The Morgan fingerprint density at radius 2 is 1.56 bits per heavy atom. The maximum atomic E-state index is 12.2. The number of likely N-dealkylation sites (N-methyl/N-ethyl adjacent to an activating group) is 1. The van der Waals surface area contributed by atoms with Crippen LogP contribution in [0.3, 0.4) is 0 Å². The van der Waals surface area contributed by atoms with Gasteiger partial charge in [0.1, 0.15) is 12.4 Å². The van der Waals surface area contributed by atoms with Gasteiger partial charge in [0.05, 0.1) is 5.56 Å². The van der Waals surface area contributed by atoms with Gasteiger partial charge in [0.2, 0.25) is 0 Å². The highest BCUT2D eigenvalue weighted by atomic mass is 16.5. The SMILES string of the molecule is CCN(CC)CCOc1ccc(C(=O)NCc2ccc(C(=O)O)cc2)cc1. The zero-order valence-electron chi connectivity index (χ0n) is 15.8. The van der Waals surface area contributed by atoms with E-state index in [0.29, 0.717) is 18.7 Å². The van der Waals surface area contributed by atoms with Crippen LogP contribution in [0, 0.1) is 0 Å². The van der Waals surface area contributed by atoms with Crippen molar-refractivity contribution in [3.8, 4) is 5.75 Å². The zero-order valence-corrected chi connectivity index (χ0v) is 15.8. The van der Waals surface area contributed by atoms with E-state index in [2.05, 4.69) is 24.1 Å². The van der Waals surface area contributed by atoms with Gasteiger partial charge in [-0.15, -0.1) is 0 Å². The monoisotopic (exact) mass is 370 g/mol. The van der Waals surface area contributed by atoms with Crippen LogP contribution in [0.25, 0.3) is 0 Å². The van der Waals surface area contributed by atoms with Gasteiger partial charge in [-0.25, -0.2) is 4.79 Å². The normalized spacial score (nSPS) is 10.6. The van der Waals surface area contributed by atoms with Crippen molar-refractivity contribution >= 4 is 11.9 Å². The molecule has 0 saturated carbocycles. The Bertz CT molecular complexity index is 738. The lowest BCUT2D eigenvalue weighted by molar-refractivity contribution is 0.0696. The van der Waals surface area contributed by atoms with Gasteiger partial charge in [-0.05, 0) is 55.1 Å². The van der Waals surface area contributed by atoms with Crippen molar-refractivity contribution in [1.29, 1.82) is 0 Å². The summed E-state index contributed by atoms with van der Waals surface area (Å²) in [6.07, 6.45) is 0. The first-order valence-electron chi connectivity index (χ1n) is 9.09. The zero-order chi connectivity index (χ0) is 19.6. The average molecular weight is 370 g/mol.